The molecular formula is C24H30N2O5. The molecule has 2 atom stereocenters. The second-order valence-electron chi connectivity index (χ2n) is 7.26. The zero-order valence-electron chi connectivity index (χ0n) is 18.0. The maximum Gasteiger partial charge on any atom is 0.408 e. The van der Waals surface area contributed by atoms with Gasteiger partial charge in [0.05, 0.1) is 0 Å². The number of hydrogen-bond acceptors (Lipinski definition) is 5. The van der Waals surface area contributed by atoms with Crippen LogP contribution in [0.5, 0.6) is 0 Å². The van der Waals surface area contributed by atoms with Crippen LogP contribution in [-0.4, -0.2) is 37.2 Å². The van der Waals surface area contributed by atoms with Crippen molar-refractivity contribution < 1.29 is 23.9 Å². The van der Waals surface area contributed by atoms with E-state index in [9.17, 15) is 14.4 Å². The lowest BCUT2D eigenvalue weighted by Crippen LogP contribution is -2.47. The van der Waals surface area contributed by atoms with Crippen LogP contribution in [0.2, 0.25) is 0 Å². The molecule has 0 radical (unpaired) electrons. The van der Waals surface area contributed by atoms with Gasteiger partial charge >= 0.3 is 12.1 Å². The van der Waals surface area contributed by atoms with Crippen molar-refractivity contribution in [2.45, 2.75) is 39.3 Å². The van der Waals surface area contributed by atoms with Crippen LogP contribution < -0.4 is 10.6 Å². The predicted molar refractivity (Wildman–Crippen MR) is 117 cm³/mol. The largest absolute Gasteiger partial charge is 0.454 e. The summed E-state index contributed by atoms with van der Waals surface area (Å²) in [6.45, 7) is 3.86. The number of carbonyl (C=O) groups is 3. The lowest BCUT2D eigenvalue weighted by atomic mass is 9.99. The van der Waals surface area contributed by atoms with E-state index in [0.717, 1.165) is 11.1 Å². The molecule has 7 heteroatoms. The normalized spacial score (nSPS) is 12.3. The maximum atomic E-state index is 12.5. The molecule has 0 aliphatic carbocycles. The Morgan fingerprint density at radius 3 is 2.13 bits per heavy atom. The van der Waals surface area contributed by atoms with E-state index in [2.05, 4.69) is 10.6 Å². The molecule has 0 spiro atoms. The molecule has 0 aliphatic rings. The van der Waals surface area contributed by atoms with Crippen LogP contribution in [0.15, 0.2) is 60.7 Å². The average Bonchev–Trinajstić information content (AvgIpc) is 2.80. The third-order valence-electron chi connectivity index (χ3n) is 4.88. The number of rotatable bonds is 11. The highest BCUT2D eigenvalue weighted by Gasteiger charge is 2.28. The molecule has 0 unspecified atom stereocenters. The van der Waals surface area contributed by atoms with Crippen LogP contribution in [0.3, 0.4) is 0 Å². The molecule has 0 saturated carbocycles. The molecule has 2 amide bonds. The Morgan fingerprint density at radius 2 is 1.52 bits per heavy atom. The Morgan fingerprint density at radius 1 is 0.903 bits per heavy atom. The van der Waals surface area contributed by atoms with Crippen molar-refractivity contribution >= 4 is 18.0 Å². The Kier molecular flexibility index (Phi) is 10.1. The van der Waals surface area contributed by atoms with Gasteiger partial charge in [0.1, 0.15) is 12.6 Å². The molecule has 31 heavy (non-hydrogen) atoms. The van der Waals surface area contributed by atoms with Crippen molar-refractivity contribution in [3.8, 4) is 0 Å². The smallest absolute Gasteiger partial charge is 0.408 e. The van der Waals surface area contributed by atoms with Crippen LogP contribution in [0.25, 0.3) is 0 Å². The van der Waals surface area contributed by atoms with Crippen molar-refractivity contribution in [3.63, 3.8) is 0 Å². The van der Waals surface area contributed by atoms with E-state index in [4.69, 9.17) is 9.47 Å². The number of hydrogen-bond donors (Lipinski definition) is 2. The summed E-state index contributed by atoms with van der Waals surface area (Å²) in [4.78, 5) is 36.6. The van der Waals surface area contributed by atoms with Gasteiger partial charge in [0.15, 0.2) is 6.61 Å². The maximum absolute atomic E-state index is 12.5. The second kappa shape index (κ2) is 13.1. The van der Waals surface area contributed by atoms with E-state index in [1.165, 1.54) is 0 Å². The minimum absolute atomic E-state index is 0.0960. The summed E-state index contributed by atoms with van der Waals surface area (Å²) in [5, 5.41) is 5.28. The molecule has 0 aliphatic heterocycles. The van der Waals surface area contributed by atoms with Crippen molar-refractivity contribution in [1.82, 2.24) is 10.6 Å². The topological polar surface area (TPSA) is 93.7 Å². The number of nitrogens with one attached hydrogen (secondary N) is 2. The molecule has 2 aromatic rings. The van der Waals surface area contributed by atoms with E-state index in [0.29, 0.717) is 19.4 Å². The predicted octanol–water partition coefficient (Wildman–Crippen LogP) is 3.23. The fourth-order valence-electron chi connectivity index (χ4n) is 2.83. The second-order valence-corrected chi connectivity index (χ2v) is 7.26. The number of ether oxygens (including phenoxy) is 2. The fourth-order valence-corrected chi connectivity index (χ4v) is 2.83. The van der Waals surface area contributed by atoms with Gasteiger partial charge < -0.3 is 20.1 Å². The third kappa shape index (κ3) is 8.90. The number of alkyl carbamates (subject to hydrolysis) is 1. The summed E-state index contributed by atoms with van der Waals surface area (Å²) in [6, 6.07) is 18.1. The lowest BCUT2D eigenvalue weighted by molar-refractivity contribution is -0.151. The van der Waals surface area contributed by atoms with Crippen molar-refractivity contribution in [3.05, 3.63) is 71.8 Å². The van der Waals surface area contributed by atoms with E-state index >= 15 is 0 Å². The van der Waals surface area contributed by atoms with Gasteiger partial charge in [-0.2, -0.15) is 0 Å². The fraction of sp³-hybridized carbons (Fsp3) is 0.375. The highest BCUT2D eigenvalue weighted by molar-refractivity contribution is 5.84. The Bertz CT molecular complexity index is 826. The van der Waals surface area contributed by atoms with Crippen LogP contribution in [0, 0.1) is 5.92 Å². The Balaban J connectivity index is 1.76. The quantitative estimate of drug-likeness (QED) is 0.538. The first kappa shape index (κ1) is 23.9. The molecule has 7 nitrogen and oxygen atoms in total. The summed E-state index contributed by atoms with van der Waals surface area (Å²) in [6.07, 6.45) is 0.616. The van der Waals surface area contributed by atoms with Gasteiger partial charge in [0.2, 0.25) is 0 Å². The molecule has 2 N–H and O–H groups in total. The zero-order chi connectivity index (χ0) is 22.5. The van der Waals surface area contributed by atoms with E-state index in [1.54, 1.807) is 0 Å². The summed E-state index contributed by atoms with van der Waals surface area (Å²) < 4.78 is 10.3. The van der Waals surface area contributed by atoms with Crippen LogP contribution in [0.4, 0.5) is 4.79 Å². The molecule has 0 heterocycles. The molecule has 2 rings (SSSR count). The first-order valence-corrected chi connectivity index (χ1v) is 10.4. The summed E-state index contributed by atoms with van der Waals surface area (Å²) in [7, 11) is 0. The molecule has 0 saturated heterocycles. The minimum atomic E-state index is -0.898. The molecule has 2 aromatic carbocycles. The minimum Gasteiger partial charge on any atom is -0.454 e. The first-order valence-electron chi connectivity index (χ1n) is 10.4. The Hall–Kier alpha value is -3.35. The van der Waals surface area contributed by atoms with E-state index in [1.807, 2.05) is 74.5 Å². The number of carbonyl (C=O) groups excluding carboxylic acids is 3. The molecule has 166 valence electrons. The van der Waals surface area contributed by atoms with Gasteiger partial charge in [-0.25, -0.2) is 9.59 Å². The van der Waals surface area contributed by atoms with E-state index in [-0.39, 0.29) is 18.4 Å². The lowest BCUT2D eigenvalue weighted by Gasteiger charge is -2.22. The molecular weight excluding hydrogens is 396 g/mol. The van der Waals surface area contributed by atoms with Gasteiger partial charge in [0, 0.05) is 6.54 Å². The summed E-state index contributed by atoms with van der Waals surface area (Å²) >= 11 is 0. The monoisotopic (exact) mass is 426 g/mol. The SMILES string of the molecule is CC[C@@H](C)[C@H](NC(=O)OCc1ccccc1)C(=O)OCC(=O)NCCc1ccccc1. The van der Waals surface area contributed by atoms with Gasteiger partial charge in [-0.05, 0) is 23.5 Å². The van der Waals surface area contributed by atoms with Crippen LogP contribution in [-0.2, 0) is 32.1 Å². The standard InChI is InChI=1S/C24H30N2O5/c1-3-18(2)22(26-24(29)31-16-20-12-8-5-9-13-20)23(28)30-17-21(27)25-15-14-19-10-6-4-7-11-19/h4-13,18,22H,3,14-17H2,1-2H3,(H,25,27)(H,26,29)/t18-,22+/m1/s1. The van der Waals surface area contributed by atoms with Gasteiger partial charge in [-0.3, -0.25) is 4.79 Å². The third-order valence-corrected chi connectivity index (χ3v) is 4.88. The average molecular weight is 427 g/mol. The summed E-state index contributed by atoms with van der Waals surface area (Å²) in [5.74, 6) is -1.24. The van der Waals surface area contributed by atoms with Crippen LogP contribution >= 0.6 is 0 Å². The highest BCUT2D eigenvalue weighted by atomic mass is 16.6. The molecule has 0 aromatic heterocycles. The number of amides is 2. The first-order chi connectivity index (χ1) is 15.0. The Labute approximate surface area is 183 Å². The zero-order valence-corrected chi connectivity index (χ0v) is 18.0. The molecule has 0 bridgehead atoms. The van der Waals surface area contributed by atoms with Crippen LogP contribution in [0.1, 0.15) is 31.4 Å². The van der Waals surface area contributed by atoms with Gasteiger partial charge in [-0.1, -0.05) is 80.9 Å². The number of benzene rings is 2. The van der Waals surface area contributed by atoms with Crippen molar-refractivity contribution in [2.24, 2.45) is 5.92 Å². The van der Waals surface area contributed by atoms with Crippen molar-refractivity contribution in [2.75, 3.05) is 13.2 Å². The molecule has 0 fully saturated rings. The summed E-state index contributed by atoms with van der Waals surface area (Å²) in [5.41, 5.74) is 1.95. The van der Waals surface area contributed by atoms with Crippen molar-refractivity contribution in [1.29, 1.82) is 0 Å². The van der Waals surface area contributed by atoms with E-state index < -0.39 is 24.7 Å². The van der Waals surface area contributed by atoms with Gasteiger partial charge in [-0.15, -0.1) is 0 Å². The van der Waals surface area contributed by atoms with Gasteiger partial charge in [0.25, 0.3) is 5.91 Å². The highest BCUT2D eigenvalue weighted by Crippen LogP contribution is 2.10. The number of esters is 1.